The summed E-state index contributed by atoms with van der Waals surface area (Å²) in [5, 5.41) is 12.9. The molecule has 0 radical (unpaired) electrons. The van der Waals surface area contributed by atoms with Crippen molar-refractivity contribution in [1.82, 2.24) is 5.32 Å². The average Bonchev–Trinajstić information content (AvgIpc) is 3.14. The fraction of sp³-hybridized carbons (Fsp3) is 0.500. The van der Waals surface area contributed by atoms with Gasteiger partial charge in [-0.2, -0.15) is 0 Å². The van der Waals surface area contributed by atoms with Crippen LogP contribution in [0.1, 0.15) is 34.3 Å². The minimum Gasteiger partial charge on any atom is -0.391 e. The normalized spacial score (nSPS) is 16.4. The summed E-state index contributed by atoms with van der Waals surface area (Å²) in [6.45, 7) is 4.20. The highest BCUT2D eigenvalue weighted by atomic mass is 35.5. The van der Waals surface area contributed by atoms with E-state index >= 15 is 0 Å². The second-order valence-corrected chi connectivity index (χ2v) is 5.44. The molecule has 0 heterocycles. The predicted octanol–water partition coefficient (Wildman–Crippen LogP) is 2.46. The van der Waals surface area contributed by atoms with Crippen LogP contribution < -0.4 is 5.32 Å². The monoisotopic (exact) mass is 267 g/mol. The fourth-order valence-electron chi connectivity index (χ4n) is 1.90. The SMILES string of the molecule is Cc1cc(Cl)c(C(=O)NCC(O)C2CC2)cc1C. The lowest BCUT2D eigenvalue weighted by atomic mass is 10.1. The minimum atomic E-state index is -0.431. The van der Waals surface area contributed by atoms with Crippen LogP contribution in [0.5, 0.6) is 0 Å². The van der Waals surface area contributed by atoms with Crippen molar-refractivity contribution in [3.63, 3.8) is 0 Å². The molecule has 1 aliphatic rings. The van der Waals surface area contributed by atoms with E-state index in [-0.39, 0.29) is 5.91 Å². The lowest BCUT2D eigenvalue weighted by Crippen LogP contribution is -2.33. The Bertz CT molecular complexity index is 469. The third-order valence-corrected chi connectivity index (χ3v) is 3.78. The number of aliphatic hydroxyl groups excluding tert-OH is 1. The molecule has 1 aromatic rings. The van der Waals surface area contributed by atoms with Gasteiger partial charge in [0.2, 0.25) is 0 Å². The standard InChI is InChI=1S/C14H18ClNO2/c1-8-5-11(12(15)6-9(8)2)14(18)16-7-13(17)10-3-4-10/h5-6,10,13,17H,3-4,7H2,1-2H3,(H,16,18). The van der Waals surface area contributed by atoms with Gasteiger partial charge in [-0.15, -0.1) is 0 Å². The number of amides is 1. The fourth-order valence-corrected chi connectivity index (χ4v) is 2.20. The summed E-state index contributed by atoms with van der Waals surface area (Å²) in [5.41, 5.74) is 2.57. The lowest BCUT2D eigenvalue weighted by Gasteiger charge is -2.12. The van der Waals surface area contributed by atoms with Crippen molar-refractivity contribution < 1.29 is 9.90 Å². The van der Waals surface area contributed by atoms with E-state index in [0.29, 0.717) is 23.0 Å². The number of hydrogen-bond donors (Lipinski definition) is 2. The summed E-state index contributed by atoms with van der Waals surface area (Å²) in [7, 11) is 0. The summed E-state index contributed by atoms with van der Waals surface area (Å²) < 4.78 is 0. The maximum absolute atomic E-state index is 12.0. The van der Waals surface area contributed by atoms with Gasteiger partial charge in [0.05, 0.1) is 16.7 Å². The molecule has 0 spiro atoms. The molecule has 0 saturated heterocycles. The van der Waals surface area contributed by atoms with Gasteiger partial charge in [0.1, 0.15) is 0 Å². The number of carbonyl (C=O) groups is 1. The Morgan fingerprint density at radius 2 is 2.06 bits per heavy atom. The molecular formula is C14H18ClNO2. The molecule has 1 aliphatic carbocycles. The van der Waals surface area contributed by atoms with Gasteiger partial charge in [-0.3, -0.25) is 4.79 Å². The van der Waals surface area contributed by atoms with Crippen LogP contribution >= 0.6 is 11.6 Å². The van der Waals surface area contributed by atoms with Gasteiger partial charge >= 0.3 is 0 Å². The lowest BCUT2D eigenvalue weighted by molar-refractivity contribution is 0.0901. The van der Waals surface area contributed by atoms with Crippen LogP contribution in [-0.4, -0.2) is 23.7 Å². The van der Waals surface area contributed by atoms with Crippen molar-refractivity contribution in [3.8, 4) is 0 Å². The van der Waals surface area contributed by atoms with Crippen LogP contribution in [0.15, 0.2) is 12.1 Å². The van der Waals surface area contributed by atoms with Gasteiger partial charge in [-0.1, -0.05) is 11.6 Å². The molecule has 1 fully saturated rings. The van der Waals surface area contributed by atoms with E-state index in [1.165, 1.54) is 0 Å². The molecule has 98 valence electrons. The van der Waals surface area contributed by atoms with E-state index in [0.717, 1.165) is 24.0 Å². The highest BCUT2D eigenvalue weighted by molar-refractivity contribution is 6.34. The van der Waals surface area contributed by atoms with Crippen molar-refractivity contribution in [2.45, 2.75) is 32.8 Å². The zero-order valence-electron chi connectivity index (χ0n) is 10.7. The molecular weight excluding hydrogens is 250 g/mol. The molecule has 4 heteroatoms. The number of halogens is 1. The van der Waals surface area contributed by atoms with Gasteiger partial charge in [-0.25, -0.2) is 0 Å². The first-order valence-electron chi connectivity index (χ1n) is 6.22. The van der Waals surface area contributed by atoms with Crippen LogP contribution in [0.4, 0.5) is 0 Å². The molecule has 1 aromatic carbocycles. The third-order valence-electron chi connectivity index (χ3n) is 3.47. The van der Waals surface area contributed by atoms with Crippen LogP contribution in [0.2, 0.25) is 5.02 Å². The number of rotatable bonds is 4. The maximum atomic E-state index is 12.0. The summed E-state index contributed by atoms with van der Waals surface area (Å²) in [6.07, 6.45) is 1.68. The van der Waals surface area contributed by atoms with Gasteiger partial charge < -0.3 is 10.4 Å². The first kappa shape index (κ1) is 13.4. The summed E-state index contributed by atoms with van der Waals surface area (Å²) in [4.78, 5) is 12.0. The third kappa shape index (κ3) is 3.03. The number of hydrogen-bond acceptors (Lipinski definition) is 2. The van der Waals surface area contributed by atoms with Gasteiger partial charge in [-0.05, 0) is 55.9 Å². The van der Waals surface area contributed by atoms with Crippen molar-refractivity contribution >= 4 is 17.5 Å². The number of carbonyl (C=O) groups excluding carboxylic acids is 1. The molecule has 3 nitrogen and oxygen atoms in total. The molecule has 0 aromatic heterocycles. The van der Waals surface area contributed by atoms with Crippen molar-refractivity contribution in [2.75, 3.05) is 6.54 Å². The Labute approximate surface area is 112 Å². The van der Waals surface area contributed by atoms with Crippen molar-refractivity contribution in [1.29, 1.82) is 0 Å². The van der Waals surface area contributed by atoms with E-state index in [9.17, 15) is 9.90 Å². The number of nitrogens with one attached hydrogen (secondary N) is 1. The smallest absolute Gasteiger partial charge is 0.252 e. The maximum Gasteiger partial charge on any atom is 0.252 e. The molecule has 2 rings (SSSR count). The van der Waals surface area contributed by atoms with Crippen LogP contribution in [0.25, 0.3) is 0 Å². The van der Waals surface area contributed by atoms with Crippen LogP contribution in [-0.2, 0) is 0 Å². The predicted molar refractivity (Wildman–Crippen MR) is 72.0 cm³/mol. The highest BCUT2D eigenvalue weighted by Gasteiger charge is 2.29. The zero-order valence-corrected chi connectivity index (χ0v) is 11.4. The van der Waals surface area contributed by atoms with E-state index in [1.807, 2.05) is 13.8 Å². The van der Waals surface area contributed by atoms with E-state index in [1.54, 1.807) is 12.1 Å². The Morgan fingerprint density at radius 1 is 1.44 bits per heavy atom. The second-order valence-electron chi connectivity index (χ2n) is 5.03. The summed E-state index contributed by atoms with van der Waals surface area (Å²) in [5.74, 6) is 0.142. The molecule has 0 bridgehead atoms. The largest absolute Gasteiger partial charge is 0.391 e. The first-order chi connectivity index (χ1) is 8.49. The minimum absolute atomic E-state index is 0.220. The van der Waals surface area contributed by atoms with E-state index < -0.39 is 6.10 Å². The molecule has 0 aliphatic heterocycles. The summed E-state index contributed by atoms with van der Waals surface area (Å²) >= 11 is 6.06. The highest BCUT2D eigenvalue weighted by Crippen LogP contribution is 2.32. The Morgan fingerprint density at radius 3 is 2.67 bits per heavy atom. The van der Waals surface area contributed by atoms with Crippen LogP contribution in [0.3, 0.4) is 0 Å². The number of benzene rings is 1. The molecule has 1 amide bonds. The van der Waals surface area contributed by atoms with E-state index in [2.05, 4.69) is 5.32 Å². The van der Waals surface area contributed by atoms with Crippen molar-refractivity contribution in [2.24, 2.45) is 5.92 Å². The zero-order chi connectivity index (χ0) is 13.3. The summed E-state index contributed by atoms with van der Waals surface area (Å²) in [6, 6.07) is 3.58. The Hall–Kier alpha value is -1.06. The van der Waals surface area contributed by atoms with Crippen LogP contribution in [0, 0.1) is 19.8 Å². The Kier molecular flexibility index (Phi) is 3.93. The molecule has 2 N–H and O–H groups in total. The quantitative estimate of drug-likeness (QED) is 0.880. The number of aryl methyl sites for hydroxylation is 2. The molecule has 1 saturated carbocycles. The Balaban J connectivity index is 2.01. The first-order valence-corrected chi connectivity index (χ1v) is 6.60. The second kappa shape index (κ2) is 5.29. The van der Waals surface area contributed by atoms with Crippen molar-refractivity contribution in [3.05, 3.63) is 33.8 Å². The topological polar surface area (TPSA) is 49.3 Å². The van der Waals surface area contributed by atoms with E-state index in [4.69, 9.17) is 11.6 Å². The van der Waals surface area contributed by atoms with Gasteiger partial charge in [0, 0.05) is 6.54 Å². The molecule has 1 unspecified atom stereocenters. The molecule has 1 atom stereocenters. The number of aliphatic hydroxyl groups is 1. The average molecular weight is 268 g/mol. The van der Waals surface area contributed by atoms with Gasteiger partial charge in [0.25, 0.3) is 5.91 Å². The van der Waals surface area contributed by atoms with Gasteiger partial charge in [0.15, 0.2) is 0 Å². The molecule has 18 heavy (non-hydrogen) atoms.